The third kappa shape index (κ3) is 6.32. The summed E-state index contributed by atoms with van der Waals surface area (Å²) >= 11 is 0. The van der Waals surface area contributed by atoms with Crippen LogP contribution in [0.5, 0.6) is 0 Å². The topological polar surface area (TPSA) is 131 Å². The van der Waals surface area contributed by atoms with E-state index in [9.17, 15) is 19.8 Å². The number of nitrogens with one attached hydrogen (secondary N) is 2. The fourth-order valence-electron chi connectivity index (χ4n) is 5.59. The first kappa shape index (κ1) is 29.5. The van der Waals surface area contributed by atoms with Gasteiger partial charge in [-0.15, -0.1) is 0 Å². The molecule has 0 spiro atoms. The van der Waals surface area contributed by atoms with Crippen molar-refractivity contribution in [2.75, 3.05) is 6.54 Å². The SMILES string of the molecule is C=CC1=C(C)C(/C=c2\[nH]c(=CC3=NCC(C)=C3CCC(=O)O)c(CCC(=O)O)c2C)=NC1Cc1[nH]cc(C=C)c1C. The molecule has 4 N–H and O–H groups in total. The van der Waals surface area contributed by atoms with Gasteiger partial charge in [-0.2, -0.15) is 0 Å². The highest BCUT2D eigenvalue weighted by Crippen LogP contribution is 2.28. The minimum Gasteiger partial charge on any atom is -0.481 e. The average Bonchev–Trinajstić information content (AvgIpc) is 3.63. The summed E-state index contributed by atoms with van der Waals surface area (Å²) in [4.78, 5) is 39.2. The Labute approximate surface area is 240 Å². The number of aromatic nitrogens is 2. The number of allylic oxidation sites excluding steroid dienone is 2. The zero-order valence-corrected chi connectivity index (χ0v) is 24.2. The smallest absolute Gasteiger partial charge is 0.303 e. The Bertz CT molecular complexity index is 1670. The van der Waals surface area contributed by atoms with Crippen molar-refractivity contribution in [3.8, 4) is 0 Å². The molecule has 0 fully saturated rings. The molecule has 1 atom stereocenters. The molecule has 1 unspecified atom stereocenters. The summed E-state index contributed by atoms with van der Waals surface area (Å²) in [5, 5.41) is 20.2. The van der Waals surface area contributed by atoms with E-state index in [0.29, 0.717) is 25.8 Å². The van der Waals surface area contributed by atoms with E-state index in [4.69, 9.17) is 4.99 Å². The number of hydrogen-bond donors (Lipinski definition) is 4. The van der Waals surface area contributed by atoms with Crippen molar-refractivity contribution in [1.82, 2.24) is 9.97 Å². The molecule has 8 nitrogen and oxygen atoms in total. The third-order valence-electron chi connectivity index (χ3n) is 8.10. The van der Waals surface area contributed by atoms with Crippen LogP contribution in [0.1, 0.15) is 61.1 Å². The molecule has 0 aliphatic carbocycles. The number of aromatic amines is 2. The van der Waals surface area contributed by atoms with Crippen LogP contribution in [-0.4, -0.2) is 56.1 Å². The van der Waals surface area contributed by atoms with Gasteiger partial charge in [-0.3, -0.25) is 19.6 Å². The molecule has 0 saturated carbocycles. The molecule has 41 heavy (non-hydrogen) atoms. The van der Waals surface area contributed by atoms with E-state index >= 15 is 0 Å². The van der Waals surface area contributed by atoms with Gasteiger partial charge < -0.3 is 20.2 Å². The number of aliphatic carboxylic acids is 2. The van der Waals surface area contributed by atoms with Crippen LogP contribution < -0.4 is 10.7 Å². The average molecular weight is 555 g/mol. The van der Waals surface area contributed by atoms with Gasteiger partial charge in [0.05, 0.1) is 24.0 Å². The van der Waals surface area contributed by atoms with Gasteiger partial charge in [-0.1, -0.05) is 25.3 Å². The summed E-state index contributed by atoms with van der Waals surface area (Å²) in [7, 11) is 0. The number of rotatable bonds is 12. The maximum absolute atomic E-state index is 11.5. The summed E-state index contributed by atoms with van der Waals surface area (Å²) in [6.07, 6.45) is 11.1. The molecule has 0 saturated heterocycles. The molecule has 0 aromatic carbocycles. The summed E-state index contributed by atoms with van der Waals surface area (Å²) in [6.45, 7) is 16.6. The second kappa shape index (κ2) is 12.4. The second-order valence-electron chi connectivity index (χ2n) is 10.7. The fraction of sp³-hybridized carbons (Fsp3) is 0.333. The molecule has 4 heterocycles. The first-order chi connectivity index (χ1) is 19.5. The van der Waals surface area contributed by atoms with Crippen LogP contribution in [-0.2, 0) is 22.4 Å². The maximum atomic E-state index is 11.5. The molecule has 0 radical (unpaired) electrons. The van der Waals surface area contributed by atoms with Crippen molar-refractivity contribution < 1.29 is 19.8 Å². The van der Waals surface area contributed by atoms with Crippen LogP contribution in [0.25, 0.3) is 18.2 Å². The Kier molecular flexibility index (Phi) is 8.91. The van der Waals surface area contributed by atoms with Crippen molar-refractivity contribution in [2.45, 2.75) is 65.8 Å². The number of aliphatic imine (C=N–C) groups is 2. The zero-order chi connectivity index (χ0) is 29.8. The van der Waals surface area contributed by atoms with Gasteiger partial charge in [0, 0.05) is 41.9 Å². The number of carboxylic acid groups (broad SMARTS) is 2. The predicted molar refractivity (Wildman–Crippen MR) is 165 cm³/mol. The molecular formula is C33H38N4O4. The molecule has 214 valence electrons. The normalized spacial score (nSPS) is 17.9. The van der Waals surface area contributed by atoms with E-state index in [2.05, 4.69) is 42.0 Å². The summed E-state index contributed by atoms with van der Waals surface area (Å²) in [6, 6.07) is -0.0701. The molecule has 8 heteroatoms. The summed E-state index contributed by atoms with van der Waals surface area (Å²) in [5.74, 6) is -1.72. The van der Waals surface area contributed by atoms with E-state index in [-0.39, 0.29) is 18.9 Å². The van der Waals surface area contributed by atoms with Gasteiger partial charge >= 0.3 is 11.9 Å². The Hall–Kier alpha value is -4.46. The third-order valence-corrected chi connectivity index (χ3v) is 8.10. The van der Waals surface area contributed by atoms with Crippen LogP contribution in [0.15, 0.2) is 57.7 Å². The quantitative estimate of drug-likeness (QED) is 0.310. The largest absolute Gasteiger partial charge is 0.481 e. The van der Waals surface area contributed by atoms with Gasteiger partial charge in [-0.25, -0.2) is 0 Å². The van der Waals surface area contributed by atoms with Gasteiger partial charge in [-0.05, 0) is 97.2 Å². The number of carboxylic acids is 2. The molecule has 2 aromatic rings. The minimum atomic E-state index is -0.866. The molecule has 2 aliphatic rings. The van der Waals surface area contributed by atoms with E-state index in [1.165, 1.54) is 5.56 Å². The van der Waals surface area contributed by atoms with E-state index in [1.54, 1.807) is 0 Å². The van der Waals surface area contributed by atoms with E-state index in [1.807, 2.05) is 44.3 Å². The zero-order valence-electron chi connectivity index (χ0n) is 24.2. The highest BCUT2D eigenvalue weighted by molar-refractivity contribution is 6.23. The highest BCUT2D eigenvalue weighted by Gasteiger charge is 2.25. The van der Waals surface area contributed by atoms with Crippen LogP contribution in [0, 0.1) is 13.8 Å². The molecule has 4 rings (SSSR count). The summed E-state index contributed by atoms with van der Waals surface area (Å²) < 4.78 is 0. The number of nitrogens with zero attached hydrogens (tertiary/aromatic N) is 2. The number of carbonyl (C=O) groups is 2. The lowest BCUT2D eigenvalue weighted by atomic mass is 9.98. The van der Waals surface area contributed by atoms with Crippen LogP contribution in [0.3, 0.4) is 0 Å². The standard InChI is InChI=1S/C33H38N4O4/c1-7-22-17-35-26(19(22)4)13-30-23(8-2)20(5)27(36-30)14-28-21(6)25(10-12-33(40)41)31(37-28)15-29-24(9-11-32(38)39)18(3)16-34-29/h7-8,14-15,17,30,35,37H,1-2,9-13,16H2,3-6H3,(H,38,39)(H,40,41)/b28-14-,31-15?. The van der Waals surface area contributed by atoms with Gasteiger partial charge in [0.1, 0.15) is 0 Å². The Morgan fingerprint density at radius 2 is 1.66 bits per heavy atom. The van der Waals surface area contributed by atoms with Gasteiger partial charge in [0.15, 0.2) is 0 Å². The highest BCUT2D eigenvalue weighted by atomic mass is 16.4. The van der Waals surface area contributed by atoms with Crippen LogP contribution >= 0.6 is 0 Å². The lowest BCUT2D eigenvalue weighted by Crippen LogP contribution is -2.16. The van der Waals surface area contributed by atoms with Crippen molar-refractivity contribution >= 4 is 41.6 Å². The van der Waals surface area contributed by atoms with Crippen molar-refractivity contribution in [1.29, 1.82) is 0 Å². The first-order valence-corrected chi connectivity index (χ1v) is 13.8. The van der Waals surface area contributed by atoms with E-state index in [0.717, 1.165) is 66.8 Å². The molecule has 0 amide bonds. The number of hydrogen-bond acceptors (Lipinski definition) is 4. The lowest BCUT2D eigenvalue weighted by molar-refractivity contribution is -0.137. The fourth-order valence-corrected chi connectivity index (χ4v) is 5.59. The molecule has 2 aliphatic heterocycles. The molecular weight excluding hydrogens is 516 g/mol. The van der Waals surface area contributed by atoms with Crippen molar-refractivity contribution in [3.05, 3.63) is 86.4 Å². The monoisotopic (exact) mass is 554 g/mol. The Morgan fingerprint density at radius 1 is 0.976 bits per heavy atom. The minimum absolute atomic E-state index is 0.00303. The van der Waals surface area contributed by atoms with Gasteiger partial charge in [0.25, 0.3) is 0 Å². The second-order valence-corrected chi connectivity index (χ2v) is 10.7. The van der Waals surface area contributed by atoms with E-state index < -0.39 is 11.9 Å². The first-order valence-electron chi connectivity index (χ1n) is 13.8. The van der Waals surface area contributed by atoms with Crippen molar-refractivity contribution in [2.24, 2.45) is 9.98 Å². The Morgan fingerprint density at radius 3 is 2.29 bits per heavy atom. The number of H-pyrrole nitrogens is 2. The summed E-state index contributed by atoms with van der Waals surface area (Å²) in [5.41, 5.74) is 11.0. The maximum Gasteiger partial charge on any atom is 0.303 e. The lowest BCUT2D eigenvalue weighted by Gasteiger charge is -2.10. The van der Waals surface area contributed by atoms with Gasteiger partial charge in [0.2, 0.25) is 0 Å². The molecule has 0 bridgehead atoms. The predicted octanol–water partition coefficient (Wildman–Crippen LogP) is 4.39. The van der Waals surface area contributed by atoms with Crippen LogP contribution in [0.4, 0.5) is 0 Å². The molecule has 2 aromatic heterocycles. The van der Waals surface area contributed by atoms with Crippen molar-refractivity contribution in [3.63, 3.8) is 0 Å². The Balaban J connectivity index is 1.76. The van der Waals surface area contributed by atoms with Crippen LogP contribution in [0.2, 0.25) is 0 Å².